The molecule has 6 nitrogen and oxygen atoms in total. The van der Waals surface area contributed by atoms with E-state index in [4.69, 9.17) is 0 Å². The Morgan fingerprint density at radius 2 is 1.88 bits per heavy atom. The fraction of sp³-hybridized carbons (Fsp3) is 0.556. The Morgan fingerprint density at radius 3 is 2.52 bits per heavy atom. The highest BCUT2D eigenvalue weighted by molar-refractivity contribution is 14.0. The van der Waals surface area contributed by atoms with Gasteiger partial charge in [-0.3, -0.25) is 4.79 Å². The summed E-state index contributed by atoms with van der Waals surface area (Å²) < 4.78 is 0. The summed E-state index contributed by atoms with van der Waals surface area (Å²) in [5.41, 5.74) is 1.69. The van der Waals surface area contributed by atoms with Crippen LogP contribution in [0.5, 0.6) is 0 Å². The van der Waals surface area contributed by atoms with Crippen molar-refractivity contribution in [3.8, 4) is 0 Å². The van der Waals surface area contributed by atoms with Crippen LogP contribution in [-0.4, -0.2) is 57.0 Å². The van der Waals surface area contributed by atoms with Gasteiger partial charge < -0.3 is 20.9 Å². The normalized spacial score (nSPS) is 11.0. The summed E-state index contributed by atoms with van der Waals surface area (Å²) in [4.78, 5) is 18.8. The van der Waals surface area contributed by atoms with Crippen LogP contribution in [0.15, 0.2) is 29.3 Å². The molecule has 0 saturated heterocycles. The van der Waals surface area contributed by atoms with E-state index in [2.05, 4.69) is 27.9 Å². The lowest BCUT2D eigenvalue weighted by molar-refractivity contribution is 0.0951. The van der Waals surface area contributed by atoms with E-state index in [1.54, 1.807) is 0 Å². The first-order chi connectivity index (χ1) is 11.6. The van der Waals surface area contributed by atoms with E-state index >= 15 is 0 Å². The minimum Gasteiger partial charge on any atom is -0.357 e. The lowest BCUT2D eigenvalue weighted by atomic mass is 10.1. The van der Waals surface area contributed by atoms with Crippen molar-refractivity contribution in [2.75, 3.05) is 40.3 Å². The van der Waals surface area contributed by atoms with Crippen LogP contribution in [-0.2, 0) is 6.54 Å². The number of hydrogen-bond acceptors (Lipinski definition) is 3. The molecule has 1 rings (SSSR count). The molecule has 0 aliphatic rings. The monoisotopic (exact) mass is 461 g/mol. The number of amides is 1. The summed E-state index contributed by atoms with van der Waals surface area (Å²) in [7, 11) is 3.97. The molecule has 0 aliphatic carbocycles. The minimum atomic E-state index is -0.0429. The van der Waals surface area contributed by atoms with Crippen LogP contribution >= 0.6 is 24.0 Å². The van der Waals surface area contributed by atoms with E-state index < -0.39 is 0 Å². The van der Waals surface area contributed by atoms with Gasteiger partial charge in [0, 0.05) is 31.7 Å². The zero-order valence-electron chi connectivity index (χ0n) is 15.8. The van der Waals surface area contributed by atoms with Gasteiger partial charge in [0.2, 0.25) is 0 Å². The van der Waals surface area contributed by atoms with Gasteiger partial charge in [-0.2, -0.15) is 0 Å². The lowest BCUT2D eigenvalue weighted by Gasteiger charge is -2.11. The first-order valence-electron chi connectivity index (χ1n) is 8.60. The second kappa shape index (κ2) is 13.9. The van der Waals surface area contributed by atoms with Crippen LogP contribution in [0, 0.1) is 0 Å². The third-order valence-corrected chi connectivity index (χ3v) is 3.34. The maximum absolute atomic E-state index is 12.2. The standard InChI is InChI=1S/C18H31N5O.HI/c1-5-10-21-18(19-6-2)22-14-15-8-7-9-16(13-15)17(24)20-11-12-23(3)4;/h7-9,13H,5-6,10-12,14H2,1-4H3,(H,20,24)(H2,19,21,22);1H. The largest absolute Gasteiger partial charge is 0.357 e. The number of nitrogens with one attached hydrogen (secondary N) is 3. The molecule has 0 spiro atoms. The first kappa shape index (κ1) is 23.6. The first-order valence-corrected chi connectivity index (χ1v) is 8.60. The Labute approximate surface area is 168 Å². The highest BCUT2D eigenvalue weighted by Crippen LogP contribution is 2.06. The predicted molar refractivity (Wildman–Crippen MR) is 116 cm³/mol. The average molecular weight is 461 g/mol. The Kier molecular flexibility index (Phi) is 13.1. The van der Waals surface area contributed by atoms with Crippen molar-refractivity contribution in [3.05, 3.63) is 35.4 Å². The fourth-order valence-corrected chi connectivity index (χ4v) is 2.06. The van der Waals surface area contributed by atoms with E-state index in [0.29, 0.717) is 18.7 Å². The number of hydrogen-bond donors (Lipinski definition) is 3. The second-order valence-corrected chi connectivity index (χ2v) is 5.88. The van der Waals surface area contributed by atoms with Crippen LogP contribution in [0.2, 0.25) is 0 Å². The number of benzene rings is 1. The number of halogens is 1. The smallest absolute Gasteiger partial charge is 0.251 e. The predicted octanol–water partition coefficient (Wildman–Crippen LogP) is 2.06. The second-order valence-electron chi connectivity index (χ2n) is 5.88. The summed E-state index contributed by atoms with van der Waals surface area (Å²) in [6, 6.07) is 7.62. The molecular weight excluding hydrogens is 429 g/mol. The van der Waals surface area contributed by atoms with Gasteiger partial charge in [-0.25, -0.2) is 4.99 Å². The summed E-state index contributed by atoms with van der Waals surface area (Å²) >= 11 is 0. The molecule has 1 aromatic carbocycles. The summed E-state index contributed by atoms with van der Waals surface area (Å²) in [6.45, 7) is 7.88. The number of nitrogens with zero attached hydrogens (tertiary/aromatic N) is 2. The number of carbonyl (C=O) groups is 1. The van der Waals surface area contributed by atoms with Gasteiger partial charge in [0.15, 0.2) is 5.96 Å². The fourth-order valence-electron chi connectivity index (χ4n) is 2.06. The van der Waals surface area contributed by atoms with Crippen LogP contribution in [0.3, 0.4) is 0 Å². The quantitative estimate of drug-likeness (QED) is 0.299. The van der Waals surface area contributed by atoms with Crippen molar-refractivity contribution < 1.29 is 4.79 Å². The van der Waals surface area contributed by atoms with Gasteiger partial charge >= 0.3 is 0 Å². The summed E-state index contributed by atoms with van der Waals surface area (Å²) in [5, 5.41) is 9.42. The van der Waals surface area contributed by atoms with Crippen molar-refractivity contribution in [2.45, 2.75) is 26.8 Å². The average Bonchev–Trinajstić information content (AvgIpc) is 2.57. The Balaban J connectivity index is 0.00000576. The third kappa shape index (κ3) is 10.3. The number of rotatable bonds is 9. The summed E-state index contributed by atoms with van der Waals surface area (Å²) in [5.74, 6) is 0.763. The molecule has 1 amide bonds. The van der Waals surface area contributed by atoms with Gasteiger partial charge in [-0.1, -0.05) is 19.1 Å². The molecule has 7 heteroatoms. The van der Waals surface area contributed by atoms with Crippen LogP contribution in [0.4, 0.5) is 0 Å². The van der Waals surface area contributed by atoms with Gasteiger partial charge in [0.1, 0.15) is 0 Å². The molecule has 0 bridgehead atoms. The van der Waals surface area contributed by atoms with E-state index in [0.717, 1.165) is 37.6 Å². The maximum atomic E-state index is 12.2. The lowest BCUT2D eigenvalue weighted by Crippen LogP contribution is -2.37. The van der Waals surface area contributed by atoms with E-state index in [1.807, 2.05) is 50.2 Å². The Morgan fingerprint density at radius 1 is 1.12 bits per heavy atom. The molecule has 0 atom stereocenters. The SMILES string of the molecule is CCCNC(=NCc1cccc(C(=O)NCCN(C)C)c1)NCC.I. The maximum Gasteiger partial charge on any atom is 0.251 e. The van der Waals surface area contributed by atoms with Gasteiger partial charge in [-0.15, -0.1) is 24.0 Å². The molecule has 0 saturated carbocycles. The number of likely N-dealkylation sites (N-methyl/N-ethyl adjacent to an activating group) is 1. The molecule has 0 aromatic heterocycles. The molecule has 25 heavy (non-hydrogen) atoms. The molecule has 142 valence electrons. The van der Waals surface area contributed by atoms with E-state index in [1.165, 1.54) is 0 Å². The van der Waals surface area contributed by atoms with Gasteiger partial charge in [0.05, 0.1) is 6.54 Å². The van der Waals surface area contributed by atoms with Crippen LogP contribution in [0.25, 0.3) is 0 Å². The van der Waals surface area contributed by atoms with Gasteiger partial charge in [0.25, 0.3) is 5.91 Å². The molecule has 1 aromatic rings. The molecule has 0 radical (unpaired) electrons. The van der Waals surface area contributed by atoms with E-state index in [9.17, 15) is 4.79 Å². The minimum absolute atomic E-state index is 0. The molecule has 3 N–H and O–H groups in total. The molecule has 0 aliphatic heterocycles. The van der Waals surface area contributed by atoms with Crippen molar-refractivity contribution in [1.82, 2.24) is 20.9 Å². The van der Waals surface area contributed by atoms with Crippen molar-refractivity contribution in [2.24, 2.45) is 4.99 Å². The van der Waals surface area contributed by atoms with Crippen molar-refractivity contribution in [1.29, 1.82) is 0 Å². The van der Waals surface area contributed by atoms with Gasteiger partial charge in [-0.05, 0) is 45.1 Å². The molecule has 0 unspecified atom stereocenters. The molecule has 0 fully saturated rings. The molecule has 0 heterocycles. The number of carbonyl (C=O) groups excluding carboxylic acids is 1. The van der Waals surface area contributed by atoms with Crippen molar-refractivity contribution in [3.63, 3.8) is 0 Å². The Hall–Kier alpha value is -1.35. The zero-order chi connectivity index (χ0) is 17.8. The Bertz CT molecular complexity index is 534. The van der Waals surface area contributed by atoms with Crippen molar-refractivity contribution >= 4 is 35.8 Å². The number of aliphatic imine (C=N–C) groups is 1. The highest BCUT2D eigenvalue weighted by atomic mass is 127. The topological polar surface area (TPSA) is 68.8 Å². The van der Waals surface area contributed by atoms with Crippen LogP contribution < -0.4 is 16.0 Å². The molecular formula is C18H32IN5O. The highest BCUT2D eigenvalue weighted by Gasteiger charge is 2.06. The zero-order valence-corrected chi connectivity index (χ0v) is 18.1. The third-order valence-electron chi connectivity index (χ3n) is 3.34. The van der Waals surface area contributed by atoms with E-state index in [-0.39, 0.29) is 29.9 Å². The number of guanidine groups is 1. The van der Waals surface area contributed by atoms with Crippen LogP contribution in [0.1, 0.15) is 36.2 Å². The summed E-state index contributed by atoms with van der Waals surface area (Å²) in [6.07, 6.45) is 1.05.